The van der Waals surface area contributed by atoms with Crippen LogP contribution in [0.25, 0.3) is 0 Å². The van der Waals surface area contributed by atoms with Gasteiger partial charge in [0.25, 0.3) is 0 Å². The highest BCUT2D eigenvalue weighted by Gasteiger charge is 2.21. The standard InChI is InChI=1S/C15H26N2O2/c1-11-8-12(18-6)9-13(19-7)14(11)17(5)10-15(2,3)16-4/h8-9,16H,10H2,1-7H3. The second kappa shape index (κ2) is 6.15. The summed E-state index contributed by atoms with van der Waals surface area (Å²) >= 11 is 0. The third-order valence-corrected chi connectivity index (χ3v) is 3.39. The number of likely N-dealkylation sites (N-methyl/N-ethyl adjacent to an activating group) is 2. The van der Waals surface area contributed by atoms with Crippen molar-refractivity contribution in [3.05, 3.63) is 17.7 Å². The lowest BCUT2D eigenvalue weighted by Gasteiger charge is -2.33. The number of anilines is 1. The molecule has 0 saturated carbocycles. The number of nitrogens with zero attached hydrogens (tertiary/aromatic N) is 1. The predicted octanol–water partition coefficient (Wildman–Crippen LogP) is 2.45. The van der Waals surface area contributed by atoms with Crippen molar-refractivity contribution in [2.45, 2.75) is 26.3 Å². The van der Waals surface area contributed by atoms with Crippen LogP contribution in [0.3, 0.4) is 0 Å². The SMILES string of the molecule is CNC(C)(C)CN(C)c1c(C)cc(OC)cc1OC. The van der Waals surface area contributed by atoms with Crippen LogP contribution in [-0.2, 0) is 0 Å². The van der Waals surface area contributed by atoms with Crippen molar-refractivity contribution in [1.29, 1.82) is 0 Å². The molecule has 4 heteroatoms. The number of hydrogen-bond acceptors (Lipinski definition) is 4. The van der Waals surface area contributed by atoms with Gasteiger partial charge in [-0.25, -0.2) is 0 Å². The molecule has 0 saturated heterocycles. The van der Waals surface area contributed by atoms with Gasteiger partial charge in [-0.15, -0.1) is 0 Å². The Morgan fingerprint density at radius 3 is 2.32 bits per heavy atom. The molecule has 0 spiro atoms. The molecular weight excluding hydrogens is 240 g/mol. The zero-order valence-electron chi connectivity index (χ0n) is 13.1. The van der Waals surface area contributed by atoms with Gasteiger partial charge >= 0.3 is 0 Å². The summed E-state index contributed by atoms with van der Waals surface area (Å²) < 4.78 is 10.8. The highest BCUT2D eigenvalue weighted by atomic mass is 16.5. The Morgan fingerprint density at radius 2 is 1.84 bits per heavy atom. The minimum Gasteiger partial charge on any atom is -0.497 e. The summed E-state index contributed by atoms with van der Waals surface area (Å²) in [4.78, 5) is 2.21. The topological polar surface area (TPSA) is 33.7 Å². The van der Waals surface area contributed by atoms with Crippen LogP contribution in [-0.4, -0.2) is 40.4 Å². The van der Waals surface area contributed by atoms with Crippen LogP contribution in [0, 0.1) is 6.92 Å². The van der Waals surface area contributed by atoms with Crippen LogP contribution in [0.1, 0.15) is 19.4 Å². The summed E-state index contributed by atoms with van der Waals surface area (Å²) in [5.74, 6) is 1.66. The number of benzene rings is 1. The predicted molar refractivity (Wildman–Crippen MR) is 80.7 cm³/mol. The third kappa shape index (κ3) is 3.77. The molecule has 1 aromatic rings. The largest absolute Gasteiger partial charge is 0.497 e. The van der Waals surface area contributed by atoms with Crippen LogP contribution >= 0.6 is 0 Å². The molecule has 1 aromatic carbocycles. The van der Waals surface area contributed by atoms with Crippen molar-refractivity contribution >= 4 is 5.69 Å². The molecule has 0 bridgehead atoms. The van der Waals surface area contributed by atoms with Crippen molar-refractivity contribution in [3.8, 4) is 11.5 Å². The van der Waals surface area contributed by atoms with Crippen molar-refractivity contribution < 1.29 is 9.47 Å². The molecular formula is C15H26N2O2. The Hall–Kier alpha value is -1.42. The summed E-state index contributed by atoms with van der Waals surface area (Å²) in [6.07, 6.45) is 0. The van der Waals surface area contributed by atoms with Crippen LogP contribution in [0.2, 0.25) is 0 Å². The molecule has 0 heterocycles. The molecule has 1 rings (SSSR count). The van der Waals surface area contributed by atoms with E-state index in [4.69, 9.17) is 9.47 Å². The molecule has 0 aliphatic carbocycles. The fourth-order valence-corrected chi connectivity index (χ4v) is 2.23. The van der Waals surface area contributed by atoms with Crippen molar-refractivity contribution in [2.75, 3.05) is 39.8 Å². The Labute approximate surface area is 116 Å². The van der Waals surface area contributed by atoms with E-state index >= 15 is 0 Å². The lowest BCUT2D eigenvalue weighted by Crippen LogP contribution is -2.46. The van der Waals surface area contributed by atoms with Crippen molar-refractivity contribution in [1.82, 2.24) is 5.32 Å². The van der Waals surface area contributed by atoms with E-state index in [-0.39, 0.29) is 5.54 Å². The van der Waals surface area contributed by atoms with E-state index < -0.39 is 0 Å². The van der Waals surface area contributed by atoms with Crippen LogP contribution in [0.5, 0.6) is 11.5 Å². The van der Waals surface area contributed by atoms with Gasteiger partial charge in [0.2, 0.25) is 0 Å². The summed E-state index contributed by atoms with van der Waals surface area (Å²) in [5.41, 5.74) is 2.28. The molecule has 0 amide bonds. The molecule has 4 nitrogen and oxygen atoms in total. The monoisotopic (exact) mass is 266 g/mol. The summed E-state index contributed by atoms with van der Waals surface area (Å²) in [5, 5.41) is 3.31. The number of aryl methyl sites for hydroxylation is 1. The molecule has 0 radical (unpaired) electrons. The maximum atomic E-state index is 5.50. The van der Waals surface area contributed by atoms with Crippen molar-refractivity contribution in [3.63, 3.8) is 0 Å². The third-order valence-electron chi connectivity index (χ3n) is 3.39. The quantitative estimate of drug-likeness (QED) is 0.857. The first-order valence-electron chi connectivity index (χ1n) is 6.47. The van der Waals surface area contributed by atoms with Gasteiger partial charge in [-0.05, 0) is 39.4 Å². The Kier molecular flexibility index (Phi) is 5.06. The van der Waals surface area contributed by atoms with Crippen LogP contribution in [0.4, 0.5) is 5.69 Å². The van der Waals surface area contributed by atoms with Gasteiger partial charge in [0, 0.05) is 25.2 Å². The Morgan fingerprint density at radius 1 is 1.21 bits per heavy atom. The van der Waals surface area contributed by atoms with E-state index in [2.05, 4.69) is 38.0 Å². The number of methoxy groups -OCH3 is 2. The molecule has 0 aliphatic rings. The Bertz CT molecular complexity index is 430. The summed E-state index contributed by atoms with van der Waals surface area (Å²) in [6, 6.07) is 3.95. The normalized spacial score (nSPS) is 11.3. The molecule has 1 N–H and O–H groups in total. The molecule has 0 fully saturated rings. The Balaban J connectivity index is 3.11. The van der Waals surface area contributed by atoms with Gasteiger partial charge in [-0.3, -0.25) is 0 Å². The van der Waals surface area contributed by atoms with Gasteiger partial charge in [0.15, 0.2) is 0 Å². The van der Waals surface area contributed by atoms with E-state index in [1.165, 1.54) is 0 Å². The van der Waals surface area contributed by atoms with Crippen LogP contribution < -0.4 is 19.7 Å². The fraction of sp³-hybridized carbons (Fsp3) is 0.600. The summed E-state index contributed by atoms with van der Waals surface area (Å²) in [7, 11) is 7.42. The molecule has 108 valence electrons. The first kappa shape index (κ1) is 15.6. The van der Waals surface area contributed by atoms with E-state index in [1.54, 1.807) is 14.2 Å². The zero-order valence-corrected chi connectivity index (χ0v) is 13.1. The van der Waals surface area contributed by atoms with Gasteiger partial charge in [0.05, 0.1) is 19.9 Å². The molecule has 0 aromatic heterocycles. The average Bonchev–Trinajstić information content (AvgIpc) is 2.36. The smallest absolute Gasteiger partial charge is 0.146 e. The van der Waals surface area contributed by atoms with E-state index in [1.807, 2.05) is 19.2 Å². The minimum atomic E-state index is 0.0339. The van der Waals surface area contributed by atoms with E-state index in [9.17, 15) is 0 Å². The van der Waals surface area contributed by atoms with Gasteiger partial charge in [0.1, 0.15) is 11.5 Å². The number of rotatable bonds is 6. The lowest BCUT2D eigenvalue weighted by molar-refractivity contribution is 0.390. The van der Waals surface area contributed by atoms with Gasteiger partial charge in [-0.1, -0.05) is 0 Å². The minimum absolute atomic E-state index is 0.0339. The van der Waals surface area contributed by atoms with Gasteiger partial charge < -0.3 is 19.7 Å². The maximum absolute atomic E-state index is 5.50. The van der Waals surface area contributed by atoms with E-state index in [0.717, 1.165) is 29.3 Å². The number of hydrogen-bond donors (Lipinski definition) is 1. The molecule has 19 heavy (non-hydrogen) atoms. The second-order valence-electron chi connectivity index (χ2n) is 5.49. The first-order valence-corrected chi connectivity index (χ1v) is 6.47. The fourth-order valence-electron chi connectivity index (χ4n) is 2.23. The molecule has 0 aliphatic heterocycles. The summed E-state index contributed by atoms with van der Waals surface area (Å²) in [6.45, 7) is 7.31. The molecule has 0 atom stereocenters. The number of nitrogens with one attached hydrogen (secondary N) is 1. The average molecular weight is 266 g/mol. The maximum Gasteiger partial charge on any atom is 0.146 e. The zero-order chi connectivity index (χ0) is 14.6. The van der Waals surface area contributed by atoms with Gasteiger partial charge in [-0.2, -0.15) is 0 Å². The number of ether oxygens (including phenoxy) is 2. The second-order valence-corrected chi connectivity index (χ2v) is 5.49. The van der Waals surface area contributed by atoms with E-state index in [0.29, 0.717) is 0 Å². The molecule has 0 unspecified atom stereocenters. The van der Waals surface area contributed by atoms with Crippen molar-refractivity contribution in [2.24, 2.45) is 0 Å². The van der Waals surface area contributed by atoms with Crippen LogP contribution in [0.15, 0.2) is 12.1 Å². The lowest BCUT2D eigenvalue weighted by atomic mass is 10.0. The first-order chi connectivity index (χ1) is 8.84. The highest BCUT2D eigenvalue weighted by molar-refractivity contribution is 5.66. The highest BCUT2D eigenvalue weighted by Crippen LogP contribution is 2.35.